The van der Waals surface area contributed by atoms with E-state index in [1.165, 1.54) is 0 Å². The van der Waals surface area contributed by atoms with Crippen LogP contribution in [0.3, 0.4) is 0 Å². The van der Waals surface area contributed by atoms with Crippen LogP contribution in [0.25, 0.3) is 0 Å². The van der Waals surface area contributed by atoms with Crippen LogP contribution in [0.1, 0.15) is 13.8 Å². The van der Waals surface area contributed by atoms with Gasteiger partial charge in [0, 0.05) is 32.4 Å². The summed E-state index contributed by atoms with van der Waals surface area (Å²) in [5.74, 6) is 1.22. The molecule has 19 heavy (non-hydrogen) atoms. The summed E-state index contributed by atoms with van der Waals surface area (Å²) in [4.78, 5) is 20.5. The molecular formula is C14H22N4O. The monoisotopic (exact) mass is 262 g/mol. The molecule has 2 N–H and O–H groups in total. The highest BCUT2D eigenvalue weighted by molar-refractivity contribution is 5.82. The lowest BCUT2D eigenvalue weighted by atomic mass is 10.0. The van der Waals surface area contributed by atoms with E-state index in [0.717, 1.165) is 32.0 Å². The number of piperazine rings is 1. The number of carbonyl (C=O) groups excluding carboxylic acids is 1. The maximum absolute atomic E-state index is 12.1. The highest BCUT2D eigenvalue weighted by Crippen LogP contribution is 2.13. The van der Waals surface area contributed by atoms with Crippen molar-refractivity contribution >= 4 is 11.7 Å². The first-order valence-electron chi connectivity index (χ1n) is 6.80. The maximum Gasteiger partial charge on any atom is 0.239 e. The van der Waals surface area contributed by atoms with Crippen LogP contribution in [0.4, 0.5) is 5.82 Å². The first kappa shape index (κ1) is 13.8. The standard InChI is InChI=1S/C14H22N4O/c1-11(2)13(15)14(19)18-9-7-17(8-10-18)12-5-3-4-6-16-12/h3-6,11,13H,7-10,15H2,1-2H3. The zero-order valence-electron chi connectivity index (χ0n) is 11.6. The minimum Gasteiger partial charge on any atom is -0.353 e. The van der Waals surface area contributed by atoms with E-state index >= 15 is 0 Å². The molecule has 5 nitrogen and oxygen atoms in total. The van der Waals surface area contributed by atoms with Crippen LogP contribution in [0.2, 0.25) is 0 Å². The van der Waals surface area contributed by atoms with Gasteiger partial charge >= 0.3 is 0 Å². The number of amides is 1. The molecule has 0 aromatic carbocycles. The largest absolute Gasteiger partial charge is 0.353 e. The molecule has 2 rings (SSSR count). The van der Waals surface area contributed by atoms with Crippen LogP contribution >= 0.6 is 0 Å². The van der Waals surface area contributed by atoms with Crippen LogP contribution in [0.5, 0.6) is 0 Å². The van der Waals surface area contributed by atoms with E-state index in [9.17, 15) is 4.79 Å². The minimum absolute atomic E-state index is 0.0654. The van der Waals surface area contributed by atoms with E-state index < -0.39 is 0 Å². The summed E-state index contributed by atoms with van der Waals surface area (Å²) in [6, 6.07) is 5.50. The molecule has 0 aliphatic carbocycles. The molecule has 1 fully saturated rings. The number of carbonyl (C=O) groups is 1. The Balaban J connectivity index is 1.91. The van der Waals surface area contributed by atoms with Gasteiger partial charge in [0.1, 0.15) is 5.82 Å². The van der Waals surface area contributed by atoms with Gasteiger partial charge in [-0.05, 0) is 18.1 Å². The van der Waals surface area contributed by atoms with E-state index in [-0.39, 0.29) is 17.9 Å². The summed E-state index contributed by atoms with van der Waals surface area (Å²) in [6.07, 6.45) is 1.79. The van der Waals surface area contributed by atoms with Crippen LogP contribution in [0.15, 0.2) is 24.4 Å². The Hall–Kier alpha value is -1.62. The topological polar surface area (TPSA) is 62.5 Å². The Kier molecular flexibility index (Phi) is 4.37. The van der Waals surface area contributed by atoms with Gasteiger partial charge in [-0.1, -0.05) is 19.9 Å². The van der Waals surface area contributed by atoms with Gasteiger partial charge < -0.3 is 15.5 Å². The second kappa shape index (κ2) is 6.02. The quantitative estimate of drug-likeness (QED) is 0.871. The molecule has 0 radical (unpaired) electrons. The van der Waals surface area contributed by atoms with Crippen LogP contribution in [-0.4, -0.2) is 48.0 Å². The van der Waals surface area contributed by atoms with Gasteiger partial charge in [-0.3, -0.25) is 4.79 Å². The molecule has 0 saturated carbocycles. The highest BCUT2D eigenvalue weighted by Gasteiger charge is 2.27. The Morgan fingerprint density at radius 2 is 1.95 bits per heavy atom. The number of hydrogen-bond acceptors (Lipinski definition) is 4. The lowest BCUT2D eigenvalue weighted by Crippen LogP contribution is -2.54. The van der Waals surface area contributed by atoms with Crippen molar-refractivity contribution in [2.24, 2.45) is 11.7 Å². The van der Waals surface area contributed by atoms with Gasteiger partial charge in [-0.15, -0.1) is 0 Å². The summed E-state index contributed by atoms with van der Waals surface area (Å²) in [6.45, 7) is 7.02. The molecule has 1 saturated heterocycles. The SMILES string of the molecule is CC(C)C(N)C(=O)N1CCN(c2ccccn2)CC1. The average Bonchev–Trinajstić information content (AvgIpc) is 2.46. The van der Waals surface area contributed by atoms with Gasteiger partial charge in [0.15, 0.2) is 0 Å². The van der Waals surface area contributed by atoms with Crippen LogP contribution < -0.4 is 10.6 Å². The Morgan fingerprint density at radius 1 is 1.26 bits per heavy atom. The molecule has 0 spiro atoms. The fraction of sp³-hybridized carbons (Fsp3) is 0.571. The molecule has 1 aliphatic rings. The third-order valence-corrected chi connectivity index (χ3v) is 3.57. The molecule has 2 heterocycles. The fourth-order valence-corrected chi connectivity index (χ4v) is 2.19. The number of nitrogens with two attached hydrogens (primary N) is 1. The molecule has 0 bridgehead atoms. The van der Waals surface area contributed by atoms with E-state index in [0.29, 0.717) is 0 Å². The van der Waals surface area contributed by atoms with Gasteiger partial charge in [-0.25, -0.2) is 4.98 Å². The fourth-order valence-electron chi connectivity index (χ4n) is 2.19. The molecule has 1 unspecified atom stereocenters. The van der Waals surface area contributed by atoms with Crippen molar-refractivity contribution in [3.8, 4) is 0 Å². The first-order chi connectivity index (χ1) is 9.09. The van der Waals surface area contributed by atoms with Crippen LogP contribution in [-0.2, 0) is 4.79 Å². The number of rotatable bonds is 3. The minimum atomic E-state index is -0.388. The Morgan fingerprint density at radius 3 is 2.47 bits per heavy atom. The first-order valence-corrected chi connectivity index (χ1v) is 6.80. The Bertz CT molecular complexity index is 413. The lowest BCUT2D eigenvalue weighted by molar-refractivity contribution is -0.133. The second-order valence-electron chi connectivity index (χ2n) is 5.27. The molecule has 1 aromatic rings. The molecule has 1 atom stereocenters. The Labute approximate surface area is 114 Å². The van der Waals surface area contributed by atoms with E-state index in [4.69, 9.17) is 5.73 Å². The summed E-state index contributed by atoms with van der Waals surface area (Å²) in [5.41, 5.74) is 5.92. The van der Waals surface area contributed by atoms with Crippen LogP contribution in [0, 0.1) is 5.92 Å². The number of hydrogen-bond donors (Lipinski definition) is 1. The highest BCUT2D eigenvalue weighted by atomic mass is 16.2. The summed E-state index contributed by atoms with van der Waals surface area (Å²) < 4.78 is 0. The molecule has 1 aliphatic heterocycles. The summed E-state index contributed by atoms with van der Waals surface area (Å²) in [7, 11) is 0. The van der Waals surface area contributed by atoms with Crippen molar-refractivity contribution in [1.29, 1.82) is 0 Å². The number of pyridine rings is 1. The molecule has 1 aromatic heterocycles. The van der Waals surface area contributed by atoms with Crippen molar-refractivity contribution in [2.75, 3.05) is 31.1 Å². The van der Waals surface area contributed by atoms with Crippen molar-refractivity contribution in [2.45, 2.75) is 19.9 Å². The molecule has 1 amide bonds. The number of anilines is 1. The van der Waals surface area contributed by atoms with Gasteiger partial charge in [0.25, 0.3) is 0 Å². The van der Waals surface area contributed by atoms with Crippen molar-refractivity contribution in [1.82, 2.24) is 9.88 Å². The smallest absolute Gasteiger partial charge is 0.239 e. The molecule has 5 heteroatoms. The summed E-state index contributed by atoms with van der Waals surface area (Å²) >= 11 is 0. The third-order valence-electron chi connectivity index (χ3n) is 3.57. The normalized spacial score (nSPS) is 17.7. The van der Waals surface area contributed by atoms with Gasteiger partial charge in [0.05, 0.1) is 6.04 Å². The predicted octanol–water partition coefficient (Wildman–Crippen LogP) is 0.714. The third kappa shape index (κ3) is 3.23. The number of nitrogens with zero attached hydrogens (tertiary/aromatic N) is 3. The molecule has 104 valence electrons. The van der Waals surface area contributed by atoms with Gasteiger partial charge in [-0.2, -0.15) is 0 Å². The van der Waals surface area contributed by atoms with E-state index in [2.05, 4.69) is 9.88 Å². The van der Waals surface area contributed by atoms with Gasteiger partial charge in [0.2, 0.25) is 5.91 Å². The lowest BCUT2D eigenvalue weighted by Gasteiger charge is -2.37. The molecular weight excluding hydrogens is 240 g/mol. The van der Waals surface area contributed by atoms with E-state index in [1.807, 2.05) is 36.9 Å². The zero-order valence-corrected chi connectivity index (χ0v) is 11.6. The van der Waals surface area contributed by atoms with Crippen molar-refractivity contribution in [3.63, 3.8) is 0 Å². The van der Waals surface area contributed by atoms with Crippen molar-refractivity contribution in [3.05, 3.63) is 24.4 Å². The van der Waals surface area contributed by atoms with Crippen molar-refractivity contribution < 1.29 is 4.79 Å². The average molecular weight is 262 g/mol. The second-order valence-corrected chi connectivity index (χ2v) is 5.27. The zero-order chi connectivity index (χ0) is 13.8. The van der Waals surface area contributed by atoms with E-state index in [1.54, 1.807) is 6.20 Å². The summed E-state index contributed by atoms with van der Waals surface area (Å²) in [5, 5.41) is 0. The maximum atomic E-state index is 12.1. The number of aromatic nitrogens is 1. The predicted molar refractivity (Wildman–Crippen MR) is 75.8 cm³/mol.